The molecule has 0 bridgehead atoms. The number of hydrogen-bond donors (Lipinski definition) is 3. The van der Waals surface area contributed by atoms with E-state index in [9.17, 15) is 0 Å². The first-order valence-electron chi connectivity index (χ1n) is 6.78. The zero-order valence-electron chi connectivity index (χ0n) is 22.3. The Morgan fingerprint density at radius 2 is 0.185 bits per heavy atom. The van der Waals surface area contributed by atoms with Crippen LogP contribution in [0.2, 0.25) is 0 Å². The average Bonchev–Trinajstić information content (AvgIpc) is 2.66. The van der Waals surface area contributed by atoms with Crippen LogP contribution in [-0.4, -0.2) is 20.2 Å². The fourth-order valence-corrected chi connectivity index (χ4v) is 0. The van der Waals surface area contributed by atoms with Crippen LogP contribution in [0.1, 0.15) is 0 Å². The summed E-state index contributed by atoms with van der Waals surface area (Å²) in [5.41, 5.74) is 0. The molecule has 41 nitrogen and oxygen atoms in total. The predicted molar refractivity (Wildman–Crippen MR) is 42.6 cm³/mol. The van der Waals surface area contributed by atoms with E-state index in [2.05, 4.69) is 0 Å². The molecule has 0 radical (unpaired) electrons. The Balaban J connectivity index is -0.0000000267. The van der Waals surface area contributed by atoms with E-state index in [0.29, 0.717) is 0 Å². The minimum atomic E-state index is -4.64. The maximum atomic E-state index is 8.88. The fourth-order valence-electron chi connectivity index (χ4n) is 0. The molecule has 328 valence electrons. The van der Waals surface area contributed by atoms with E-state index in [-0.39, 0.29) is 5.48 Å². The first-order valence-corrected chi connectivity index (χ1v) is 37.8. The molecule has 54 heteroatoms. The SMILES string of the molecule is O.O=P(O)(O)O.[O]=[Mo](=[O])=[O].[O]=[Mo](=[O])=[O].[O]=[Mo](=[O])=[O].[O]=[Mo](=[O])=[O].[O]=[Mo](=[O])=[O].[O]=[Mo](=[O])=[O].[O]=[Mo](=[O])=[O].[O]=[Mo](=[O])=[O].[O]=[Mo](=[O])=[O].[O]=[Mo](=[O])=[O].[O]=[Mo](=[O])=[O].[O]=[Mo](=[O])=[O]. The molecule has 0 rings (SSSR count). The molecule has 0 heterocycles. The molecule has 0 aromatic heterocycles. The van der Waals surface area contributed by atoms with Crippen molar-refractivity contribution in [3.05, 3.63) is 0 Å². The molecule has 0 aliphatic rings. The van der Waals surface area contributed by atoms with Crippen molar-refractivity contribution < 1.29 is 353 Å². The summed E-state index contributed by atoms with van der Waals surface area (Å²) in [6, 6.07) is 0. The Hall–Kier alpha value is 1.13. The molecule has 0 spiro atoms. The number of rotatable bonds is 0. The van der Waals surface area contributed by atoms with Gasteiger partial charge in [-0.05, 0) is 0 Å². The van der Waals surface area contributed by atoms with Gasteiger partial charge in [-0.15, -0.1) is 0 Å². The Morgan fingerprint density at radius 3 is 0.185 bits per heavy atom. The van der Waals surface area contributed by atoms with Gasteiger partial charge in [-0.25, -0.2) is 4.57 Å². The van der Waals surface area contributed by atoms with Gasteiger partial charge in [0.05, 0.1) is 0 Å². The predicted octanol–water partition coefficient (Wildman–Crippen LogP) is -6.06. The molecular weight excluding hydrogens is 1840 g/mol. The van der Waals surface area contributed by atoms with Crippen LogP contribution in [0.4, 0.5) is 0 Å². The van der Waals surface area contributed by atoms with Crippen LogP contribution >= 0.6 is 7.82 Å². The van der Waals surface area contributed by atoms with Crippen LogP contribution in [0.25, 0.3) is 0 Å². The second kappa shape index (κ2) is 82.1. The van der Waals surface area contributed by atoms with Gasteiger partial charge in [0.25, 0.3) is 0 Å². The van der Waals surface area contributed by atoms with E-state index < -0.39 is 214 Å². The van der Waals surface area contributed by atoms with E-state index >= 15 is 0 Å². The third-order valence-electron chi connectivity index (χ3n) is 0. The summed E-state index contributed by atoms with van der Waals surface area (Å²) in [5, 5.41) is 0. The second-order valence-electron chi connectivity index (χ2n) is 2.96. The first-order chi connectivity index (χ1) is 22.8. The Morgan fingerprint density at radius 1 is 0.185 bits per heavy atom. The van der Waals surface area contributed by atoms with Crippen molar-refractivity contribution in [2.45, 2.75) is 0 Å². The first kappa shape index (κ1) is 95.5. The molecule has 0 aromatic rings. The molecule has 5 N–H and O–H groups in total. The quantitative estimate of drug-likeness (QED) is 0.150. The van der Waals surface area contributed by atoms with Crippen molar-refractivity contribution in [2.75, 3.05) is 0 Å². The summed E-state index contributed by atoms with van der Waals surface area (Å²) in [5.74, 6) is 0. The molecule has 0 atom stereocenters. The van der Waals surface area contributed by atoms with Gasteiger partial charge in [-0.1, -0.05) is 0 Å². The minimum absolute atomic E-state index is 0. The van der Waals surface area contributed by atoms with Crippen molar-refractivity contribution in [3.63, 3.8) is 0 Å². The van der Waals surface area contributed by atoms with E-state index in [4.69, 9.17) is 142 Å². The van der Waals surface area contributed by atoms with Crippen molar-refractivity contribution in [2.24, 2.45) is 0 Å². The fraction of sp³-hybridized carbons (Fsp3) is 0. The van der Waals surface area contributed by atoms with Crippen LogP contribution < -0.4 is 0 Å². The van der Waals surface area contributed by atoms with Gasteiger partial charge in [0.1, 0.15) is 0 Å². The summed E-state index contributed by atoms with van der Waals surface area (Å²) in [7, 11) is -4.64. The van der Waals surface area contributed by atoms with Crippen LogP contribution in [0.5, 0.6) is 0 Å². The molecule has 0 saturated heterocycles. The summed E-state index contributed by atoms with van der Waals surface area (Å²) in [6.07, 6.45) is 0. The molecule has 0 saturated carbocycles. The summed E-state index contributed by atoms with van der Waals surface area (Å²) in [6.45, 7) is 0. The van der Waals surface area contributed by atoms with Gasteiger partial charge in [0.2, 0.25) is 0 Å². The van der Waals surface area contributed by atoms with Gasteiger partial charge < -0.3 is 20.2 Å². The molecule has 0 unspecified atom stereocenters. The van der Waals surface area contributed by atoms with E-state index in [1.807, 2.05) is 0 Å². The molecule has 0 aliphatic carbocycles. The van der Waals surface area contributed by atoms with Crippen LogP contribution in [0.15, 0.2) is 0 Å². The molecule has 0 aromatic carbocycles. The van der Waals surface area contributed by atoms with Crippen molar-refractivity contribution in [3.8, 4) is 0 Å². The zero-order valence-corrected chi connectivity index (χ0v) is 47.3. The molecular formula is H5Mo12O41P. The summed E-state index contributed by atoms with van der Waals surface area (Å²) >= 11 is -49.3. The zero-order chi connectivity index (χ0) is 47.4. The van der Waals surface area contributed by atoms with Crippen LogP contribution in [0.3, 0.4) is 0 Å². The van der Waals surface area contributed by atoms with Gasteiger partial charge in [0.15, 0.2) is 0 Å². The Bertz CT molecular complexity index is 1690. The monoisotopic (exact) mass is 1870 g/mol. The summed E-state index contributed by atoms with van der Waals surface area (Å²) in [4.78, 5) is 21.6. The van der Waals surface area contributed by atoms with Crippen LogP contribution in [0, 0.1) is 0 Å². The van der Waals surface area contributed by atoms with Crippen molar-refractivity contribution in [1.82, 2.24) is 0 Å². The van der Waals surface area contributed by atoms with Crippen LogP contribution in [-0.2, 0) is 333 Å². The van der Waals surface area contributed by atoms with Crippen molar-refractivity contribution >= 4 is 7.82 Å². The molecule has 0 fully saturated rings. The van der Waals surface area contributed by atoms with Gasteiger partial charge in [0, 0.05) is 0 Å². The van der Waals surface area contributed by atoms with Crippen molar-refractivity contribution in [1.29, 1.82) is 0 Å². The number of phosphoric acid groups is 1. The molecule has 0 aliphatic heterocycles. The summed E-state index contributed by atoms with van der Waals surface area (Å²) < 4.78 is 318. The molecule has 0 amide bonds. The standard InChI is InChI=1S/12Mo.H3O4P.H2O.36O/c;;;;;;;;;;;;1-5(2,3)4;;;;;;;;;;;;;;;;;;;;;;;;;;;;;;;;;;;;;/h;;;;;;;;;;;;(H3,1,2,3,4);1H2;;;;;;;;;;;;;;;;;;;;;;;;;;;;;;;;;;;;. The van der Waals surface area contributed by atoms with Gasteiger partial charge in [-0.3, -0.25) is 0 Å². The normalized spacial score (nSPS) is 6.43. The number of hydrogen-bond acceptors (Lipinski definition) is 37. The Labute approximate surface area is 355 Å². The van der Waals surface area contributed by atoms with Gasteiger partial charge >= 0.3 is 337 Å². The molecule has 54 heavy (non-hydrogen) atoms. The topological polar surface area (TPSA) is 724 Å². The van der Waals surface area contributed by atoms with E-state index in [1.54, 1.807) is 0 Å². The average molecular weight is 1840 g/mol. The Kier molecular flexibility index (Phi) is 145. The third-order valence-corrected chi connectivity index (χ3v) is 0. The van der Waals surface area contributed by atoms with Gasteiger partial charge in [-0.2, -0.15) is 0 Å². The third kappa shape index (κ3) is 113000. The maximum absolute atomic E-state index is 8.88. The second-order valence-corrected chi connectivity index (χ2v) is 16.0. The van der Waals surface area contributed by atoms with E-state index in [0.717, 1.165) is 0 Å². The van der Waals surface area contributed by atoms with E-state index in [1.165, 1.54) is 0 Å².